The molecule has 27 heavy (non-hydrogen) atoms. The highest BCUT2D eigenvalue weighted by Crippen LogP contribution is 2.28. The second-order valence-corrected chi connectivity index (χ2v) is 8.13. The van der Waals surface area contributed by atoms with Crippen molar-refractivity contribution in [3.63, 3.8) is 0 Å². The zero-order valence-corrected chi connectivity index (χ0v) is 17.4. The summed E-state index contributed by atoms with van der Waals surface area (Å²) in [6.07, 6.45) is 4.55. The molecule has 0 radical (unpaired) electrons. The van der Waals surface area contributed by atoms with E-state index in [9.17, 15) is 4.79 Å². The van der Waals surface area contributed by atoms with Crippen LogP contribution < -0.4 is 10.1 Å². The van der Waals surface area contributed by atoms with Crippen molar-refractivity contribution >= 4 is 40.9 Å². The summed E-state index contributed by atoms with van der Waals surface area (Å²) in [5.41, 5.74) is 0. The molecular formula is C18H22Cl2N4O2S. The molecular weight excluding hydrogens is 407 g/mol. The molecule has 0 unspecified atom stereocenters. The van der Waals surface area contributed by atoms with Crippen LogP contribution in [0.1, 0.15) is 38.4 Å². The number of hydrogen-bond donors (Lipinski definition) is 1. The van der Waals surface area contributed by atoms with E-state index in [-0.39, 0.29) is 12.5 Å². The minimum Gasteiger partial charge on any atom is -0.484 e. The zero-order chi connectivity index (χ0) is 19.2. The molecule has 1 aliphatic rings. The van der Waals surface area contributed by atoms with Gasteiger partial charge in [-0.15, -0.1) is 10.2 Å². The minimum absolute atomic E-state index is 0.0447. The van der Waals surface area contributed by atoms with Crippen molar-refractivity contribution in [3.05, 3.63) is 34.1 Å². The van der Waals surface area contributed by atoms with E-state index in [1.807, 2.05) is 11.5 Å². The van der Waals surface area contributed by atoms with E-state index < -0.39 is 0 Å². The first-order valence-corrected chi connectivity index (χ1v) is 10.7. The lowest BCUT2D eigenvalue weighted by Gasteiger charge is -2.12. The second kappa shape index (κ2) is 9.66. The Bertz CT molecular complexity index is 794. The first-order chi connectivity index (χ1) is 13.1. The fourth-order valence-corrected chi connectivity index (χ4v) is 4.35. The van der Waals surface area contributed by atoms with Gasteiger partial charge in [-0.1, -0.05) is 47.8 Å². The number of halogens is 2. The quantitative estimate of drug-likeness (QED) is 0.633. The maximum absolute atomic E-state index is 12.1. The predicted molar refractivity (Wildman–Crippen MR) is 108 cm³/mol. The summed E-state index contributed by atoms with van der Waals surface area (Å²) in [5, 5.41) is 13.2. The Morgan fingerprint density at radius 3 is 2.81 bits per heavy atom. The smallest absolute Gasteiger partial charge is 0.230 e. The van der Waals surface area contributed by atoms with Gasteiger partial charge in [0, 0.05) is 17.6 Å². The van der Waals surface area contributed by atoms with E-state index in [0.717, 1.165) is 12.8 Å². The van der Waals surface area contributed by atoms with E-state index in [4.69, 9.17) is 27.9 Å². The van der Waals surface area contributed by atoms with Gasteiger partial charge in [-0.25, -0.2) is 0 Å². The van der Waals surface area contributed by atoms with Crippen LogP contribution >= 0.6 is 35.0 Å². The normalized spacial score (nSPS) is 14.5. The molecule has 146 valence electrons. The molecule has 1 aliphatic carbocycles. The third-order valence-electron chi connectivity index (χ3n) is 4.41. The lowest BCUT2D eigenvalue weighted by molar-refractivity contribution is -0.119. The number of rotatable bonds is 8. The number of benzene rings is 1. The number of aromatic nitrogens is 3. The van der Waals surface area contributed by atoms with Crippen LogP contribution in [0.25, 0.3) is 0 Å². The first kappa shape index (κ1) is 20.3. The monoisotopic (exact) mass is 428 g/mol. The molecule has 3 rings (SSSR count). The lowest BCUT2D eigenvalue weighted by atomic mass is 10.2. The highest BCUT2D eigenvalue weighted by molar-refractivity contribution is 7.99. The highest BCUT2D eigenvalue weighted by atomic mass is 35.5. The van der Waals surface area contributed by atoms with E-state index >= 15 is 0 Å². The summed E-state index contributed by atoms with van der Waals surface area (Å²) in [5.74, 6) is 1.60. The molecule has 1 aromatic heterocycles. The van der Waals surface area contributed by atoms with Crippen molar-refractivity contribution in [2.24, 2.45) is 0 Å². The molecule has 0 atom stereocenters. The van der Waals surface area contributed by atoms with Crippen molar-refractivity contribution in [1.82, 2.24) is 20.1 Å². The number of carbonyl (C=O) groups is 1. The number of carbonyl (C=O) groups excluding carboxylic acids is 1. The van der Waals surface area contributed by atoms with Crippen LogP contribution in [0.2, 0.25) is 10.0 Å². The van der Waals surface area contributed by atoms with Gasteiger partial charge in [-0.2, -0.15) is 0 Å². The fourth-order valence-electron chi connectivity index (χ4n) is 3.05. The van der Waals surface area contributed by atoms with Gasteiger partial charge in [0.2, 0.25) is 5.91 Å². The molecule has 9 heteroatoms. The van der Waals surface area contributed by atoms with Gasteiger partial charge in [0.25, 0.3) is 0 Å². The number of nitrogens with zero attached hydrogens (tertiary/aromatic N) is 3. The van der Waals surface area contributed by atoms with Gasteiger partial charge in [-0.05, 0) is 38.0 Å². The van der Waals surface area contributed by atoms with Crippen LogP contribution in [0.5, 0.6) is 5.75 Å². The average molecular weight is 429 g/mol. The average Bonchev–Trinajstić information content (AvgIpc) is 3.28. The van der Waals surface area contributed by atoms with Gasteiger partial charge >= 0.3 is 0 Å². The Morgan fingerprint density at radius 2 is 2.11 bits per heavy atom. The van der Waals surface area contributed by atoms with Gasteiger partial charge in [0.15, 0.2) is 11.0 Å². The lowest BCUT2D eigenvalue weighted by Crippen LogP contribution is -2.33. The molecule has 1 amide bonds. The maximum Gasteiger partial charge on any atom is 0.230 e. The molecule has 0 spiro atoms. The van der Waals surface area contributed by atoms with Crippen LogP contribution in [-0.4, -0.2) is 32.5 Å². The maximum atomic E-state index is 12.1. The number of nitrogens with one attached hydrogen (secondary N) is 1. The molecule has 1 aromatic carbocycles. The number of ether oxygens (including phenoxy) is 1. The fraction of sp³-hybridized carbons (Fsp3) is 0.500. The number of amides is 1. The van der Waals surface area contributed by atoms with E-state index in [1.165, 1.54) is 24.6 Å². The summed E-state index contributed by atoms with van der Waals surface area (Å²) < 4.78 is 7.69. The van der Waals surface area contributed by atoms with Crippen LogP contribution in [0.15, 0.2) is 23.4 Å². The predicted octanol–water partition coefficient (Wildman–Crippen LogP) is 4.33. The summed E-state index contributed by atoms with van der Waals surface area (Å²) in [7, 11) is 0. The first-order valence-electron chi connectivity index (χ1n) is 8.99. The molecule has 1 saturated carbocycles. The Kier molecular flexibility index (Phi) is 7.26. The summed E-state index contributed by atoms with van der Waals surface area (Å²) in [6, 6.07) is 5.40. The molecule has 0 bridgehead atoms. The van der Waals surface area contributed by atoms with Crippen molar-refractivity contribution in [2.45, 2.75) is 57.0 Å². The number of hydrogen-bond acceptors (Lipinski definition) is 5. The molecule has 1 fully saturated rings. The highest BCUT2D eigenvalue weighted by Gasteiger charge is 2.18. The van der Waals surface area contributed by atoms with Crippen molar-refractivity contribution < 1.29 is 9.53 Å². The summed E-state index contributed by atoms with van der Waals surface area (Å²) >= 11 is 13.4. The van der Waals surface area contributed by atoms with Crippen LogP contribution in [0.3, 0.4) is 0 Å². The molecule has 2 aromatic rings. The SMILES string of the molecule is CCn1c(COc2ccc(Cl)cc2Cl)nnc1SCC(=O)NC1CCCC1. The zero-order valence-electron chi connectivity index (χ0n) is 15.1. The van der Waals surface area contributed by atoms with Gasteiger partial charge in [0.1, 0.15) is 12.4 Å². The Hall–Kier alpha value is -1.44. The third-order valence-corrected chi connectivity index (χ3v) is 5.91. The minimum atomic E-state index is 0.0447. The van der Waals surface area contributed by atoms with Crippen LogP contribution in [0.4, 0.5) is 0 Å². The number of thioether (sulfide) groups is 1. The van der Waals surface area contributed by atoms with E-state index in [2.05, 4.69) is 15.5 Å². The largest absolute Gasteiger partial charge is 0.484 e. The van der Waals surface area contributed by atoms with Gasteiger partial charge in [-0.3, -0.25) is 4.79 Å². The standard InChI is InChI=1S/C18H22Cl2N4O2S/c1-2-24-16(10-26-15-8-7-12(19)9-14(15)20)22-23-18(24)27-11-17(25)21-13-5-3-4-6-13/h7-9,13H,2-6,10-11H2,1H3,(H,21,25). The molecule has 0 saturated heterocycles. The second-order valence-electron chi connectivity index (χ2n) is 6.34. The van der Waals surface area contributed by atoms with Crippen molar-refractivity contribution in [2.75, 3.05) is 5.75 Å². The molecule has 0 aliphatic heterocycles. The Balaban J connectivity index is 1.56. The topological polar surface area (TPSA) is 69.0 Å². The summed E-state index contributed by atoms with van der Waals surface area (Å²) in [4.78, 5) is 12.1. The van der Waals surface area contributed by atoms with E-state index in [0.29, 0.717) is 45.1 Å². The molecule has 6 nitrogen and oxygen atoms in total. The van der Waals surface area contributed by atoms with Crippen LogP contribution in [0, 0.1) is 0 Å². The Labute approximate surface area is 173 Å². The van der Waals surface area contributed by atoms with Crippen molar-refractivity contribution in [1.29, 1.82) is 0 Å². The van der Waals surface area contributed by atoms with Gasteiger partial charge < -0.3 is 14.6 Å². The Morgan fingerprint density at radius 1 is 1.33 bits per heavy atom. The molecule has 1 heterocycles. The summed E-state index contributed by atoms with van der Waals surface area (Å²) in [6.45, 7) is 2.93. The molecule has 1 N–H and O–H groups in total. The van der Waals surface area contributed by atoms with Crippen molar-refractivity contribution in [3.8, 4) is 5.75 Å². The third kappa shape index (κ3) is 5.53. The van der Waals surface area contributed by atoms with Gasteiger partial charge in [0.05, 0.1) is 10.8 Å². The van der Waals surface area contributed by atoms with E-state index in [1.54, 1.807) is 18.2 Å². The van der Waals surface area contributed by atoms with Crippen LogP contribution in [-0.2, 0) is 17.9 Å².